The quantitative estimate of drug-likeness (QED) is 0.508. The number of urea groups is 1. The molecule has 0 atom stereocenters. The molecule has 2 saturated heterocycles. The van der Waals surface area contributed by atoms with Crippen molar-refractivity contribution in [2.24, 2.45) is 0 Å². The van der Waals surface area contributed by atoms with Crippen LogP contribution in [0.2, 0.25) is 0 Å². The summed E-state index contributed by atoms with van der Waals surface area (Å²) in [5, 5.41) is 5.25. The topological polar surface area (TPSA) is 119 Å². The van der Waals surface area contributed by atoms with E-state index in [0.29, 0.717) is 6.54 Å². The Labute approximate surface area is 222 Å². The number of nitrogens with one attached hydrogen (secondary N) is 1. The number of benzene rings is 1. The molecule has 194 valence electrons. The number of rotatable bonds is 4. The van der Waals surface area contributed by atoms with E-state index >= 15 is 0 Å². The van der Waals surface area contributed by atoms with Gasteiger partial charge in [0.1, 0.15) is 17.0 Å². The number of aromatic nitrogens is 2. The standard InChI is InChI=1S/C26H25N7O4S/c34-20-6-7-32(26(37)29-20)33-24(35)16-5-4-15(12-18(16)25(33)36)13-30-8-10-31(11-9-30)22-21-17-2-1-3-19(17)38-23(21)28-14-27-22/h4-5,12,14H,1-3,6-11,13H2,(H,29,34,37). The second-order valence-electron chi connectivity index (χ2n) is 10.0. The molecule has 0 radical (unpaired) electrons. The summed E-state index contributed by atoms with van der Waals surface area (Å²) in [5.74, 6) is -0.476. The second kappa shape index (κ2) is 8.84. The molecule has 1 N–H and O–H groups in total. The van der Waals surface area contributed by atoms with Gasteiger partial charge in [0.2, 0.25) is 5.91 Å². The maximum atomic E-state index is 13.1. The molecule has 0 unspecified atom stereocenters. The molecule has 4 aliphatic rings. The largest absolute Gasteiger partial charge is 0.353 e. The van der Waals surface area contributed by atoms with E-state index in [4.69, 9.17) is 0 Å². The maximum absolute atomic E-state index is 13.1. The van der Waals surface area contributed by atoms with Gasteiger partial charge in [-0.25, -0.2) is 19.8 Å². The van der Waals surface area contributed by atoms with Crippen LogP contribution < -0.4 is 10.2 Å². The minimum atomic E-state index is -0.762. The third-order valence-electron chi connectivity index (χ3n) is 7.76. The Morgan fingerprint density at radius 3 is 2.53 bits per heavy atom. The molecule has 12 heteroatoms. The minimum absolute atomic E-state index is 0.0138. The van der Waals surface area contributed by atoms with Crippen molar-refractivity contribution in [2.75, 3.05) is 37.6 Å². The van der Waals surface area contributed by atoms with E-state index in [0.717, 1.165) is 65.3 Å². The van der Waals surface area contributed by atoms with E-state index in [1.54, 1.807) is 29.8 Å². The van der Waals surface area contributed by atoms with Crippen molar-refractivity contribution in [3.8, 4) is 0 Å². The number of hydrogen-bond donors (Lipinski definition) is 1. The van der Waals surface area contributed by atoms with Gasteiger partial charge in [-0.3, -0.25) is 24.6 Å². The number of hydrogen-bond acceptors (Lipinski definition) is 9. The van der Waals surface area contributed by atoms with Crippen molar-refractivity contribution >= 4 is 51.1 Å². The third-order valence-corrected chi connectivity index (χ3v) is 8.96. The minimum Gasteiger partial charge on any atom is -0.353 e. The Morgan fingerprint density at radius 1 is 0.895 bits per heavy atom. The first-order valence-electron chi connectivity index (χ1n) is 12.8. The number of carbonyl (C=O) groups is 4. The zero-order valence-corrected chi connectivity index (χ0v) is 21.4. The molecule has 11 nitrogen and oxygen atoms in total. The van der Waals surface area contributed by atoms with Crippen molar-refractivity contribution in [3.63, 3.8) is 0 Å². The predicted octanol–water partition coefficient (Wildman–Crippen LogP) is 1.96. The first-order chi connectivity index (χ1) is 18.5. The average Bonchev–Trinajstić information content (AvgIpc) is 3.57. The van der Waals surface area contributed by atoms with Gasteiger partial charge in [0.05, 0.1) is 23.1 Å². The molecule has 2 fully saturated rings. The first kappa shape index (κ1) is 23.2. The van der Waals surface area contributed by atoms with Crippen LogP contribution in [0.4, 0.5) is 10.6 Å². The van der Waals surface area contributed by atoms with Gasteiger partial charge in [0, 0.05) is 44.0 Å². The Bertz CT molecular complexity index is 1530. The fourth-order valence-corrected chi connectivity index (χ4v) is 7.09. The van der Waals surface area contributed by atoms with Crippen molar-refractivity contribution < 1.29 is 19.2 Å². The van der Waals surface area contributed by atoms with Gasteiger partial charge in [0.15, 0.2) is 0 Å². The summed E-state index contributed by atoms with van der Waals surface area (Å²) in [6, 6.07) is 4.50. The molecule has 0 saturated carbocycles. The van der Waals surface area contributed by atoms with Gasteiger partial charge in [-0.2, -0.15) is 5.01 Å². The average molecular weight is 532 g/mol. The lowest BCUT2D eigenvalue weighted by Crippen LogP contribution is -2.58. The van der Waals surface area contributed by atoms with Crippen LogP contribution in [0.3, 0.4) is 0 Å². The highest BCUT2D eigenvalue weighted by Gasteiger charge is 2.43. The van der Waals surface area contributed by atoms with E-state index < -0.39 is 23.8 Å². The smallest absolute Gasteiger partial charge is 0.343 e. The molecule has 0 bridgehead atoms. The summed E-state index contributed by atoms with van der Waals surface area (Å²) >= 11 is 1.80. The molecule has 1 aliphatic carbocycles. The lowest BCUT2D eigenvalue weighted by molar-refractivity contribution is -0.122. The van der Waals surface area contributed by atoms with Gasteiger partial charge in [-0.05, 0) is 42.5 Å². The van der Waals surface area contributed by atoms with Crippen LogP contribution in [-0.4, -0.2) is 81.4 Å². The molecule has 7 rings (SSSR count). The van der Waals surface area contributed by atoms with Crippen LogP contribution in [-0.2, 0) is 24.2 Å². The second-order valence-corrected chi connectivity index (χ2v) is 11.1. The van der Waals surface area contributed by atoms with Crippen LogP contribution in [0.1, 0.15) is 49.6 Å². The fraction of sp³-hybridized carbons (Fsp3) is 0.385. The highest BCUT2D eigenvalue weighted by molar-refractivity contribution is 7.19. The molecular formula is C26H25N7O4S. The highest BCUT2D eigenvalue weighted by Crippen LogP contribution is 2.40. The van der Waals surface area contributed by atoms with Crippen molar-refractivity contribution in [2.45, 2.75) is 32.2 Å². The first-order valence-corrected chi connectivity index (χ1v) is 13.6. The molecule has 3 aromatic rings. The zero-order valence-electron chi connectivity index (χ0n) is 20.6. The van der Waals surface area contributed by atoms with Crippen LogP contribution in [0, 0.1) is 0 Å². The van der Waals surface area contributed by atoms with Gasteiger partial charge >= 0.3 is 6.03 Å². The molecule has 5 heterocycles. The summed E-state index contributed by atoms with van der Waals surface area (Å²) in [6.45, 7) is 4.01. The number of thiophene rings is 1. The maximum Gasteiger partial charge on any atom is 0.343 e. The zero-order chi connectivity index (χ0) is 26.0. The number of piperazine rings is 1. The summed E-state index contributed by atoms with van der Waals surface area (Å²) < 4.78 is 0. The molecule has 0 spiro atoms. The highest BCUT2D eigenvalue weighted by atomic mass is 32.1. The Kier molecular flexibility index (Phi) is 5.41. The number of hydrazine groups is 1. The number of amides is 5. The van der Waals surface area contributed by atoms with Gasteiger partial charge < -0.3 is 4.90 Å². The SMILES string of the molecule is O=C1CCN(N2C(=O)c3ccc(CN4CCN(c5ncnc6sc7c(c56)CCC7)CC4)cc3C2=O)C(=O)N1. The molecule has 2 aromatic heterocycles. The Balaban J connectivity index is 1.04. The Morgan fingerprint density at radius 2 is 1.71 bits per heavy atom. The third kappa shape index (κ3) is 3.66. The normalized spacial score (nSPS) is 19.9. The predicted molar refractivity (Wildman–Crippen MR) is 139 cm³/mol. The number of imide groups is 2. The number of anilines is 1. The van der Waals surface area contributed by atoms with Crippen LogP contribution in [0.15, 0.2) is 24.5 Å². The van der Waals surface area contributed by atoms with Crippen molar-refractivity contribution in [3.05, 3.63) is 51.7 Å². The molecule has 3 aliphatic heterocycles. The van der Waals surface area contributed by atoms with E-state index in [-0.39, 0.29) is 24.1 Å². The van der Waals surface area contributed by atoms with Gasteiger partial charge in [0.25, 0.3) is 11.8 Å². The van der Waals surface area contributed by atoms with E-state index in [1.165, 1.54) is 22.2 Å². The lowest BCUT2D eigenvalue weighted by atomic mass is 10.1. The fourth-order valence-electron chi connectivity index (χ4n) is 5.87. The Hall–Kier alpha value is -3.90. The molecule has 38 heavy (non-hydrogen) atoms. The van der Waals surface area contributed by atoms with E-state index in [2.05, 4.69) is 25.1 Å². The van der Waals surface area contributed by atoms with Crippen molar-refractivity contribution in [1.29, 1.82) is 0 Å². The van der Waals surface area contributed by atoms with Crippen LogP contribution in [0.5, 0.6) is 0 Å². The van der Waals surface area contributed by atoms with E-state index in [1.807, 2.05) is 6.07 Å². The van der Waals surface area contributed by atoms with Crippen LogP contribution >= 0.6 is 11.3 Å². The van der Waals surface area contributed by atoms with Gasteiger partial charge in [-0.1, -0.05) is 6.07 Å². The number of aryl methyl sites for hydroxylation is 2. The van der Waals surface area contributed by atoms with E-state index in [9.17, 15) is 19.2 Å². The van der Waals surface area contributed by atoms with Gasteiger partial charge in [-0.15, -0.1) is 11.3 Å². The summed E-state index contributed by atoms with van der Waals surface area (Å²) in [7, 11) is 0. The summed E-state index contributed by atoms with van der Waals surface area (Å²) in [5.41, 5.74) is 2.91. The number of carbonyl (C=O) groups excluding carboxylic acids is 4. The summed E-state index contributed by atoms with van der Waals surface area (Å²) in [6.07, 6.45) is 5.16. The molecule has 1 aromatic carbocycles. The summed E-state index contributed by atoms with van der Waals surface area (Å²) in [4.78, 5) is 66.2. The van der Waals surface area contributed by atoms with Crippen LogP contribution in [0.25, 0.3) is 10.2 Å². The van der Waals surface area contributed by atoms with Crippen molar-refractivity contribution in [1.82, 2.24) is 30.2 Å². The molecule has 5 amide bonds. The number of fused-ring (bicyclic) bond motifs is 4. The monoisotopic (exact) mass is 531 g/mol. The number of nitrogens with zero attached hydrogens (tertiary/aromatic N) is 6. The molecular weight excluding hydrogens is 506 g/mol. The lowest BCUT2D eigenvalue weighted by Gasteiger charge is -2.35.